The number of aliphatic hydroxyl groups excluding tert-OH is 1. The normalized spacial score (nSPS) is 20.0. The van der Waals surface area contributed by atoms with Crippen LogP contribution in [0.2, 0.25) is 5.02 Å². The first-order valence-corrected chi connectivity index (χ1v) is 9.55. The minimum atomic E-state index is -0.493. The van der Waals surface area contributed by atoms with Crippen LogP contribution in [0.3, 0.4) is 0 Å². The van der Waals surface area contributed by atoms with Gasteiger partial charge in [0.25, 0.3) is 0 Å². The molecule has 6 heteroatoms. The average molecular weight is 388 g/mol. The SMILES string of the molecule is CN(C)C[C@@H]1CCN(C(=O)Nc2cccc(-c3ccc(Cl)cc3)c2)C[C@H]1O. The van der Waals surface area contributed by atoms with E-state index in [0.717, 1.165) is 29.8 Å². The quantitative estimate of drug-likeness (QED) is 0.839. The number of carbonyl (C=O) groups excluding carboxylic acids is 1. The zero-order valence-corrected chi connectivity index (χ0v) is 16.5. The second-order valence-corrected chi connectivity index (χ2v) is 7.78. The molecule has 0 spiro atoms. The summed E-state index contributed by atoms with van der Waals surface area (Å²) in [6.07, 6.45) is 0.310. The van der Waals surface area contributed by atoms with Crippen molar-refractivity contribution in [2.24, 2.45) is 5.92 Å². The molecule has 1 heterocycles. The standard InChI is InChI=1S/C21H26ClN3O2/c1-24(2)13-17-10-11-25(14-20(17)26)21(27)23-19-5-3-4-16(12-19)15-6-8-18(22)9-7-15/h3-9,12,17,20,26H,10-11,13-14H2,1-2H3,(H,23,27)/t17-,20+/m0/s1. The summed E-state index contributed by atoms with van der Waals surface area (Å²) in [5, 5.41) is 14.0. The highest BCUT2D eigenvalue weighted by atomic mass is 35.5. The minimum absolute atomic E-state index is 0.175. The van der Waals surface area contributed by atoms with Crippen LogP contribution >= 0.6 is 11.6 Å². The number of likely N-dealkylation sites (tertiary alicyclic amines) is 1. The first kappa shape index (κ1) is 19.7. The molecule has 1 saturated heterocycles. The molecule has 1 aliphatic rings. The zero-order valence-electron chi connectivity index (χ0n) is 15.7. The van der Waals surface area contributed by atoms with Crippen LogP contribution in [0.15, 0.2) is 48.5 Å². The number of halogens is 1. The van der Waals surface area contributed by atoms with E-state index in [-0.39, 0.29) is 11.9 Å². The smallest absolute Gasteiger partial charge is 0.321 e. The first-order chi connectivity index (χ1) is 12.9. The van der Waals surface area contributed by atoms with Crippen LogP contribution in [-0.4, -0.2) is 60.8 Å². The average Bonchev–Trinajstić information content (AvgIpc) is 2.64. The van der Waals surface area contributed by atoms with Crippen molar-refractivity contribution in [3.05, 3.63) is 53.6 Å². The molecule has 1 aliphatic heterocycles. The van der Waals surface area contributed by atoms with Gasteiger partial charge in [0.15, 0.2) is 0 Å². The van der Waals surface area contributed by atoms with Crippen LogP contribution < -0.4 is 5.32 Å². The topological polar surface area (TPSA) is 55.8 Å². The Morgan fingerprint density at radius 1 is 1.22 bits per heavy atom. The van der Waals surface area contributed by atoms with Crippen molar-refractivity contribution in [1.82, 2.24) is 9.80 Å². The van der Waals surface area contributed by atoms with Crippen molar-refractivity contribution in [3.63, 3.8) is 0 Å². The Labute approximate surface area is 165 Å². The van der Waals surface area contributed by atoms with Crippen LogP contribution in [0.5, 0.6) is 0 Å². The monoisotopic (exact) mass is 387 g/mol. The summed E-state index contributed by atoms with van der Waals surface area (Å²) < 4.78 is 0. The van der Waals surface area contributed by atoms with E-state index in [0.29, 0.717) is 18.1 Å². The number of rotatable bonds is 4. The number of benzene rings is 2. The fourth-order valence-corrected chi connectivity index (χ4v) is 3.59. The lowest BCUT2D eigenvalue weighted by molar-refractivity contribution is 0.0278. The van der Waals surface area contributed by atoms with Gasteiger partial charge in [0, 0.05) is 36.3 Å². The van der Waals surface area contributed by atoms with Crippen molar-refractivity contribution in [1.29, 1.82) is 0 Å². The lowest BCUT2D eigenvalue weighted by atomic mass is 9.93. The number of hydrogen-bond donors (Lipinski definition) is 2. The number of β-amino-alcohol motifs (C(OH)–C–C–N with tert-alkyl or cyclic N) is 1. The molecule has 2 N–H and O–H groups in total. The number of carbonyl (C=O) groups is 1. The van der Waals surface area contributed by atoms with Gasteiger partial charge < -0.3 is 20.2 Å². The van der Waals surface area contributed by atoms with Crippen molar-refractivity contribution in [2.45, 2.75) is 12.5 Å². The van der Waals surface area contributed by atoms with E-state index in [1.807, 2.05) is 62.6 Å². The lowest BCUT2D eigenvalue weighted by Gasteiger charge is -2.37. The largest absolute Gasteiger partial charge is 0.391 e. The number of hydrogen-bond acceptors (Lipinski definition) is 3. The number of nitrogens with zero attached hydrogens (tertiary/aromatic N) is 2. The van der Waals surface area contributed by atoms with Crippen LogP contribution in [0.1, 0.15) is 6.42 Å². The number of nitrogens with one attached hydrogen (secondary N) is 1. The van der Waals surface area contributed by atoms with E-state index in [1.165, 1.54) is 0 Å². The van der Waals surface area contributed by atoms with Gasteiger partial charge in [-0.15, -0.1) is 0 Å². The van der Waals surface area contributed by atoms with Gasteiger partial charge in [-0.25, -0.2) is 4.79 Å². The number of amides is 2. The molecule has 1 fully saturated rings. The maximum atomic E-state index is 12.6. The second-order valence-electron chi connectivity index (χ2n) is 7.34. The molecule has 0 aromatic heterocycles. The predicted octanol–water partition coefficient (Wildman–Crippen LogP) is 3.78. The van der Waals surface area contributed by atoms with Crippen LogP contribution in [0, 0.1) is 5.92 Å². The van der Waals surface area contributed by atoms with Crippen molar-refractivity contribution in [3.8, 4) is 11.1 Å². The van der Waals surface area contributed by atoms with E-state index in [4.69, 9.17) is 11.6 Å². The highest BCUT2D eigenvalue weighted by molar-refractivity contribution is 6.30. The molecular formula is C21H26ClN3O2. The van der Waals surface area contributed by atoms with Gasteiger partial charge >= 0.3 is 6.03 Å². The number of aliphatic hydroxyl groups is 1. The molecule has 0 unspecified atom stereocenters. The van der Waals surface area contributed by atoms with E-state index in [9.17, 15) is 9.90 Å². The van der Waals surface area contributed by atoms with Crippen LogP contribution in [0.25, 0.3) is 11.1 Å². The van der Waals surface area contributed by atoms with Crippen LogP contribution in [-0.2, 0) is 0 Å². The molecule has 0 aliphatic carbocycles. The minimum Gasteiger partial charge on any atom is -0.391 e. The third-order valence-corrected chi connectivity index (χ3v) is 5.15. The van der Waals surface area contributed by atoms with E-state index < -0.39 is 6.10 Å². The van der Waals surface area contributed by atoms with E-state index in [1.54, 1.807) is 4.90 Å². The van der Waals surface area contributed by atoms with Gasteiger partial charge in [-0.1, -0.05) is 35.9 Å². The van der Waals surface area contributed by atoms with Gasteiger partial charge in [0.2, 0.25) is 0 Å². The molecule has 5 nitrogen and oxygen atoms in total. The maximum absolute atomic E-state index is 12.6. The lowest BCUT2D eigenvalue weighted by Crippen LogP contribution is -2.50. The fraction of sp³-hybridized carbons (Fsp3) is 0.381. The van der Waals surface area contributed by atoms with Gasteiger partial charge in [-0.2, -0.15) is 0 Å². The van der Waals surface area contributed by atoms with Crippen molar-refractivity contribution >= 4 is 23.3 Å². The summed E-state index contributed by atoms with van der Waals surface area (Å²) in [7, 11) is 4.00. The van der Waals surface area contributed by atoms with Gasteiger partial charge in [-0.3, -0.25) is 0 Å². The molecule has 2 amide bonds. The molecule has 2 atom stereocenters. The number of anilines is 1. The second kappa shape index (κ2) is 8.74. The van der Waals surface area contributed by atoms with Gasteiger partial charge in [-0.05, 0) is 55.9 Å². The Hall–Kier alpha value is -2.08. The van der Waals surface area contributed by atoms with Crippen LogP contribution in [0.4, 0.5) is 10.5 Å². The molecule has 0 radical (unpaired) electrons. The van der Waals surface area contributed by atoms with E-state index >= 15 is 0 Å². The molecule has 0 bridgehead atoms. The van der Waals surface area contributed by atoms with Gasteiger partial charge in [0.05, 0.1) is 6.10 Å². The third-order valence-electron chi connectivity index (χ3n) is 4.90. The molecule has 2 aromatic carbocycles. The van der Waals surface area contributed by atoms with Crippen molar-refractivity contribution < 1.29 is 9.90 Å². The van der Waals surface area contributed by atoms with Gasteiger partial charge in [0.1, 0.15) is 0 Å². The fourth-order valence-electron chi connectivity index (χ4n) is 3.47. The highest BCUT2D eigenvalue weighted by Gasteiger charge is 2.30. The zero-order chi connectivity index (χ0) is 19.4. The van der Waals surface area contributed by atoms with Crippen molar-refractivity contribution in [2.75, 3.05) is 39.0 Å². The number of urea groups is 1. The molecule has 3 rings (SSSR count). The molecule has 144 valence electrons. The third kappa shape index (κ3) is 5.22. The highest BCUT2D eigenvalue weighted by Crippen LogP contribution is 2.25. The number of piperidine rings is 1. The molecule has 27 heavy (non-hydrogen) atoms. The Balaban J connectivity index is 1.63. The summed E-state index contributed by atoms with van der Waals surface area (Å²) >= 11 is 5.95. The molecular weight excluding hydrogens is 362 g/mol. The summed E-state index contributed by atoms with van der Waals surface area (Å²) in [5.74, 6) is 0.206. The van der Waals surface area contributed by atoms with E-state index in [2.05, 4.69) is 10.2 Å². The Morgan fingerprint density at radius 3 is 2.63 bits per heavy atom. The summed E-state index contributed by atoms with van der Waals surface area (Å²) in [6.45, 7) is 1.85. The predicted molar refractivity (Wildman–Crippen MR) is 110 cm³/mol. The Kier molecular flexibility index (Phi) is 6.37. The first-order valence-electron chi connectivity index (χ1n) is 9.17. The molecule has 2 aromatic rings. The maximum Gasteiger partial charge on any atom is 0.321 e. The Morgan fingerprint density at radius 2 is 1.96 bits per heavy atom. The summed E-state index contributed by atoms with van der Waals surface area (Å²) in [4.78, 5) is 16.4. The summed E-state index contributed by atoms with van der Waals surface area (Å²) in [6, 6.07) is 15.1. The Bertz CT molecular complexity index is 779. The molecule has 0 saturated carbocycles. The summed E-state index contributed by atoms with van der Waals surface area (Å²) in [5.41, 5.74) is 2.78.